The molecular formula is C29H34N2O13. The number of ether oxygens (including phenoxy) is 1. The molecule has 15 nitrogen and oxygen atoms in total. The summed E-state index contributed by atoms with van der Waals surface area (Å²) in [5, 5.41) is 42.2. The number of amides is 2. The van der Waals surface area contributed by atoms with E-state index in [1.807, 2.05) is 6.92 Å². The normalized spacial score (nSPS) is 12.9. The molecule has 44 heavy (non-hydrogen) atoms. The van der Waals surface area contributed by atoms with E-state index in [0.29, 0.717) is 6.42 Å². The lowest BCUT2D eigenvalue weighted by molar-refractivity contribution is -0.329. The van der Waals surface area contributed by atoms with Crippen LogP contribution >= 0.6 is 0 Å². The van der Waals surface area contributed by atoms with E-state index in [9.17, 15) is 44.1 Å². The van der Waals surface area contributed by atoms with Crippen molar-refractivity contribution in [2.24, 2.45) is 0 Å². The summed E-state index contributed by atoms with van der Waals surface area (Å²) in [6, 6.07) is 5.23. The van der Waals surface area contributed by atoms with E-state index in [1.165, 1.54) is 0 Å². The molecule has 3 atom stereocenters. The summed E-state index contributed by atoms with van der Waals surface area (Å²) in [6.45, 7) is 5.20. The third-order valence-electron chi connectivity index (χ3n) is 6.19. The van der Waals surface area contributed by atoms with Gasteiger partial charge in [-0.2, -0.15) is 0 Å². The van der Waals surface area contributed by atoms with E-state index in [0.717, 1.165) is 36.4 Å². The first-order valence-electron chi connectivity index (χ1n) is 13.4. The summed E-state index contributed by atoms with van der Waals surface area (Å²) in [4.78, 5) is 81.2. The zero-order valence-electron chi connectivity index (χ0n) is 24.2. The van der Waals surface area contributed by atoms with E-state index in [-0.39, 0.29) is 59.6 Å². The second kappa shape index (κ2) is 16.7. The van der Waals surface area contributed by atoms with Gasteiger partial charge in [-0.1, -0.05) is 6.92 Å². The SMILES string of the molecule is CCC(CC(C)NC(=O)c1cc(C(=O)O)ccc1C(=O)O)OOCCOCC(C)NC(=O)c1cc(C(=O)O)ccc1C(=O)O. The third kappa shape index (κ3) is 10.4. The largest absolute Gasteiger partial charge is 0.478 e. The second-order valence-electron chi connectivity index (χ2n) is 9.75. The fourth-order valence-corrected chi connectivity index (χ4v) is 3.97. The van der Waals surface area contributed by atoms with Crippen LogP contribution in [0.3, 0.4) is 0 Å². The number of carboxylic acid groups (broad SMARTS) is 4. The van der Waals surface area contributed by atoms with Gasteiger partial charge in [-0.15, -0.1) is 0 Å². The van der Waals surface area contributed by atoms with Crippen LogP contribution in [0, 0.1) is 0 Å². The summed E-state index contributed by atoms with van der Waals surface area (Å²) < 4.78 is 5.45. The van der Waals surface area contributed by atoms with Crippen LogP contribution in [0.15, 0.2) is 36.4 Å². The van der Waals surface area contributed by atoms with Crippen molar-refractivity contribution in [2.75, 3.05) is 19.8 Å². The summed E-state index contributed by atoms with van der Waals surface area (Å²) in [6.07, 6.45) is 0.326. The lowest BCUT2D eigenvalue weighted by Crippen LogP contribution is -2.37. The number of carboxylic acids is 4. The summed E-state index contributed by atoms with van der Waals surface area (Å²) in [7, 11) is 0. The molecule has 0 heterocycles. The molecule has 0 fully saturated rings. The molecule has 0 saturated carbocycles. The molecule has 3 unspecified atom stereocenters. The van der Waals surface area contributed by atoms with Gasteiger partial charge in [0.2, 0.25) is 0 Å². The minimum atomic E-state index is -1.38. The number of benzene rings is 2. The molecule has 0 aromatic heterocycles. The topological polar surface area (TPSA) is 235 Å². The zero-order valence-corrected chi connectivity index (χ0v) is 24.2. The highest BCUT2D eigenvalue weighted by Crippen LogP contribution is 2.16. The molecule has 0 spiro atoms. The van der Waals surface area contributed by atoms with Crippen LogP contribution in [0.5, 0.6) is 0 Å². The molecule has 0 aliphatic heterocycles. The van der Waals surface area contributed by atoms with Gasteiger partial charge >= 0.3 is 23.9 Å². The van der Waals surface area contributed by atoms with Gasteiger partial charge in [-0.25, -0.2) is 29.0 Å². The highest BCUT2D eigenvalue weighted by atomic mass is 17.2. The van der Waals surface area contributed by atoms with Crippen molar-refractivity contribution in [2.45, 2.75) is 51.8 Å². The Hall–Kier alpha value is -4.86. The monoisotopic (exact) mass is 618 g/mol. The highest BCUT2D eigenvalue weighted by molar-refractivity contribution is 6.07. The summed E-state index contributed by atoms with van der Waals surface area (Å²) >= 11 is 0. The van der Waals surface area contributed by atoms with Crippen LogP contribution in [-0.2, 0) is 14.5 Å². The molecule has 2 amide bonds. The second-order valence-corrected chi connectivity index (χ2v) is 9.75. The van der Waals surface area contributed by atoms with Crippen molar-refractivity contribution in [3.8, 4) is 0 Å². The first-order valence-corrected chi connectivity index (χ1v) is 13.4. The zero-order chi connectivity index (χ0) is 33.0. The quantitative estimate of drug-likeness (QED) is 0.0801. The number of carbonyl (C=O) groups is 6. The third-order valence-corrected chi connectivity index (χ3v) is 6.19. The van der Waals surface area contributed by atoms with Crippen molar-refractivity contribution in [1.29, 1.82) is 0 Å². The van der Waals surface area contributed by atoms with Crippen LogP contribution < -0.4 is 10.6 Å². The standard InChI is InChI=1S/C29H34N2O13/c1-4-19(11-15(2)30-24(32)22-12-17(26(34)35)5-7-20(22)28(38)39)44-43-10-9-42-14-16(3)31-25(33)23-13-18(27(36)37)6-8-21(23)29(40)41/h5-8,12-13,15-16,19H,4,9-11,14H2,1-3H3,(H,30,32)(H,31,33)(H,34,35)(H,36,37)(H,38,39)(H,40,41). The predicted octanol–water partition coefficient (Wildman–Crippen LogP) is 2.55. The molecule has 0 saturated heterocycles. The number of carbonyl (C=O) groups excluding carboxylic acids is 2. The van der Waals surface area contributed by atoms with Gasteiger partial charge < -0.3 is 35.8 Å². The van der Waals surface area contributed by atoms with Crippen molar-refractivity contribution in [1.82, 2.24) is 10.6 Å². The minimum Gasteiger partial charge on any atom is -0.478 e. The maximum Gasteiger partial charge on any atom is 0.336 e. The maximum atomic E-state index is 12.7. The Morgan fingerprint density at radius 3 is 1.59 bits per heavy atom. The van der Waals surface area contributed by atoms with E-state index in [2.05, 4.69) is 10.6 Å². The Morgan fingerprint density at radius 1 is 0.682 bits per heavy atom. The number of nitrogens with one attached hydrogen (secondary N) is 2. The molecule has 2 aromatic rings. The molecule has 6 N–H and O–H groups in total. The Balaban J connectivity index is 1.78. The predicted molar refractivity (Wildman–Crippen MR) is 151 cm³/mol. The fraction of sp³-hybridized carbons (Fsp3) is 0.379. The van der Waals surface area contributed by atoms with Crippen molar-refractivity contribution >= 4 is 35.7 Å². The smallest absolute Gasteiger partial charge is 0.336 e. The maximum absolute atomic E-state index is 12.7. The number of hydrogen-bond acceptors (Lipinski definition) is 9. The Kier molecular flexibility index (Phi) is 13.4. The van der Waals surface area contributed by atoms with Crippen LogP contribution in [0.2, 0.25) is 0 Å². The van der Waals surface area contributed by atoms with E-state index in [1.54, 1.807) is 13.8 Å². The van der Waals surface area contributed by atoms with Crippen LogP contribution in [0.1, 0.15) is 95.8 Å². The van der Waals surface area contributed by atoms with Crippen molar-refractivity contribution in [3.05, 3.63) is 69.8 Å². The van der Waals surface area contributed by atoms with Crippen molar-refractivity contribution in [3.63, 3.8) is 0 Å². The number of hydrogen-bond donors (Lipinski definition) is 6. The molecule has 0 aliphatic rings. The molecule has 2 rings (SSSR count). The molecule has 0 radical (unpaired) electrons. The minimum absolute atomic E-state index is 0.00563. The fourth-order valence-electron chi connectivity index (χ4n) is 3.97. The van der Waals surface area contributed by atoms with E-state index in [4.69, 9.17) is 19.6 Å². The van der Waals surface area contributed by atoms with E-state index < -0.39 is 53.9 Å². The van der Waals surface area contributed by atoms with Gasteiger partial charge in [0.25, 0.3) is 11.8 Å². The molecule has 15 heteroatoms. The first kappa shape index (κ1) is 35.3. The first-order chi connectivity index (χ1) is 20.7. The highest BCUT2D eigenvalue weighted by Gasteiger charge is 2.23. The molecule has 0 aliphatic carbocycles. The van der Waals surface area contributed by atoms with Gasteiger partial charge in [-0.05, 0) is 63.1 Å². The van der Waals surface area contributed by atoms with Gasteiger partial charge in [0.1, 0.15) is 6.61 Å². The van der Waals surface area contributed by atoms with Crippen LogP contribution in [-0.4, -0.2) is 94.1 Å². The summed E-state index contributed by atoms with van der Waals surface area (Å²) in [5.74, 6) is -6.90. The number of rotatable bonds is 18. The average Bonchev–Trinajstić information content (AvgIpc) is 2.97. The summed E-state index contributed by atoms with van der Waals surface area (Å²) in [5.41, 5.74) is -1.73. The Bertz CT molecular complexity index is 1390. The molecular weight excluding hydrogens is 584 g/mol. The van der Waals surface area contributed by atoms with Gasteiger partial charge in [-0.3, -0.25) is 9.59 Å². The van der Waals surface area contributed by atoms with Crippen LogP contribution in [0.25, 0.3) is 0 Å². The number of aromatic carboxylic acids is 4. The van der Waals surface area contributed by atoms with Crippen molar-refractivity contribution < 1.29 is 63.7 Å². The van der Waals surface area contributed by atoms with Crippen LogP contribution in [0.4, 0.5) is 0 Å². The molecule has 0 bridgehead atoms. The Morgan fingerprint density at radius 2 is 1.16 bits per heavy atom. The molecule has 2 aromatic carbocycles. The van der Waals surface area contributed by atoms with Gasteiger partial charge in [0.05, 0.1) is 52.7 Å². The lowest BCUT2D eigenvalue weighted by Gasteiger charge is -2.21. The molecule has 238 valence electrons. The van der Waals surface area contributed by atoms with Gasteiger partial charge in [0.15, 0.2) is 0 Å². The van der Waals surface area contributed by atoms with E-state index >= 15 is 0 Å². The Labute approximate surface area is 251 Å². The van der Waals surface area contributed by atoms with Gasteiger partial charge in [0, 0.05) is 12.1 Å². The average molecular weight is 619 g/mol. The lowest BCUT2D eigenvalue weighted by atomic mass is 10.0.